The Balaban J connectivity index is 2.24. The largest absolute Gasteiger partial charge is 0.497 e. The first-order chi connectivity index (χ1) is 15.0. The monoisotopic (exact) mass is 427 g/mol. The van der Waals surface area contributed by atoms with Gasteiger partial charge in [0.15, 0.2) is 17.6 Å². The van der Waals surface area contributed by atoms with Crippen LogP contribution in [0.4, 0.5) is 0 Å². The van der Waals surface area contributed by atoms with E-state index in [2.05, 4.69) is 5.16 Å². The van der Waals surface area contributed by atoms with E-state index in [0.717, 1.165) is 11.1 Å². The van der Waals surface area contributed by atoms with Crippen LogP contribution >= 0.6 is 0 Å². The highest BCUT2D eigenvalue weighted by Crippen LogP contribution is 2.45. The van der Waals surface area contributed by atoms with Crippen LogP contribution in [0.2, 0.25) is 0 Å². The van der Waals surface area contributed by atoms with Crippen LogP contribution in [0.15, 0.2) is 41.6 Å². The predicted molar refractivity (Wildman–Crippen MR) is 115 cm³/mol. The SMILES string of the molecule is COc1ccc(C2=C(c3cc(OC)c(OC)c(OC)c3)/C(=N\O)C(OC(C)=O)C2)cc1. The van der Waals surface area contributed by atoms with Gasteiger partial charge in [0.2, 0.25) is 5.75 Å². The van der Waals surface area contributed by atoms with Crippen LogP contribution in [0, 0.1) is 0 Å². The zero-order valence-electron chi connectivity index (χ0n) is 18.1. The van der Waals surface area contributed by atoms with Crippen molar-refractivity contribution in [3.63, 3.8) is 0 Å². The highest BCUT2D eigenvalue weighted by atomic mass is 16.5. The number of ether oxygens (including phenoxy) is 5. The normalized spacial score (nSPS) is 16.9. The fourth-order valence-electron chi connectivity index (χ4n) is 3.71. The average molecular weight is 427 g/mol. The summed E-state index contributed by atoms with van der Waals surface area (Å²) in [6.45, 7) is 1.32. The molecule has 164 valence electrons. The van der Waals surface area contributed by atoms with E-state index in [-0.39, 0.29) is 5.71 Å². The number of carbonyl (C=O) groups is 1. The van der Waals surface area contributed by atoms with Gasteiger partial charge in [-0.3, -0.25) is 4.79 Å². The van der Waals surface area contributed by atoms with Crippen molar-refractivity contribution in [2.24, 2.45) is 5.16 Å². The zero-order valence-corrected chi connectivity index (χ0v) is 18.1. The molecule has 8 nitrogen and oxygen atoms in total. The second-order valence-electron chi connectivity index (χ2n) is 6.78. The fraction of sp³-hybridized carbons (Fsp3) is 0.304. The highest BCUT2D eigenvalue weighted by molar-refractivity contribution is 6.35. The van der Waals surface area contributed by atoms with E-state index in [9.17, 15) is 10.0 Å². The molecule has 31 heavy (non-hydrogen) atoms. The van der Waals surface area contributed by atoms with Gasteiger partial charge in [-0.2, -0.15) is 0 Å². The average Bonchev–Trinajstić information content (AvgIpc) is 3.15. The molecule has 0 aromatic heterocycles. The van der Waals surface area contributed by atoms with Gasteiger partial charge in [-0.15, -0.1) is 0 Å². The van der Waals surface area contributed by atoms with E-state index in [1.54, 1.807) is 19.2 Å². The van der Waals surface area contributed by atoms with Crippen LogP contribution in [0.5, 0.6) is 23.0 Å². The van der Waals surface area contributed by atoms with Crippen LogP contribution < -0.4 is 18.9 Å². The fourth-order valence-corrected chi connectivity index (χ4v) is 3.71. The third-order valence-electron chi connectivity index (χ3n) is 5.06. The Hall–Kier alpha value is -3.68. The Morgan fingerprint density at radius 2 is 1.55 bits per heavy atom. The maximum atomic E-state index is 11.7. The van der Waals surface area contributed by atoms with Crippen molar-refractivity contribution in [1.82, 2.24) is 0 Å². The molecule has 0 radical (unpaired) electrons. The van der Waals surface area contributed by atoms with Gasteiger partial charge in [0.05, 0.1) is 28.4 Å². The second kappa shape index (κ2) is 9.42. The molecule has 0 saturated carbocycles. The summed E-state index contributed by atoms with van der Waals surface area (Å²) in [4.78, 5) is 11.7. The van der Waals surface area contributed by atoms with Gasteiger partial charge in [-0.25, -0.2) is 0 Å². The van der Waals surface area contributed by atoms with Crippen LogP contribution in [0.3, 0.4) is 0 Å². The topological polar surface area (TPSA) is 95.8 Å². The number of oxime groups is 1. The molecule has 3 rings (SSSR count). The van der Waals surface area contributed by atoms with E-state index >= 15 is 0 Å². The van der Waals surface area contributed by atoms with E-state index in [1.165, 1.54) is 28.3 Å². The van der Waals surface area contributed by atoms with Crippen LogP contribution in [0.25, 0.3) is 11.1 Å². The summed E-state index contributed by atoms with van der Waals surface area (Å²) in [6, 6.07) is 11.0. The van der Waals surface area contributed by atoms with Gasteiger partial charge in [-0.1, -0.05) is 17.3 Å². The lowest BCUT2D eigenvalue weighted by molar-refractivity contribution is -0.143. The number of benzene rings is 2. The number of nitrogens with zero attached hydrogens (tertiary/aromatic N) is 1. The Kier molecular flexibility index (Phi) is 6.69. The molecule has 1 aliphatic carbocycles. The van der Waals surface area contributed by atoms with Gasteiger partial charge < -0.3 is 28.9 Å². The summed E-state index contributed by atoms with van der Waals surface area (Å²) in [5.41, 5.74) is 3.26. The van der Waals surface area contributed by atoms with Gasteiger partial charge in [0, 0.05) is 18.9 Å². The molecule has 0 heterocycles. The molecule has 0 aliphatic heterocycles. The van der Waals surface area contributed by atoms with E-state index in [1.807, 2.05) is 24.3 Å². The molecule has 1 N–H and O–H groups in total. The van der Waals surface area contributed by atoms with Gasteiger partial charge in [0.25, 0.3) is 0 Å². The first kappa shape index (κ1) is 22.0. The summed E-state index contributed by atoms with van der Waals surface area (Å²) in [7, 11) is 6.17. The Bertz CT molecular complexity index is 1000. The molecule has 1 aliphatic rings. The van der Waals surface area contributed by atoms with Crippen molar-refractivity contribution < 1.29 is 33.7 Å². The Labute approximate surface area is 180 Å². The van der Waals surface area contributed by atoms with Gasteiger partial charge in [0.1, 0.15) is 11.5 Å². The first-order valence-corrected chi connectivity index (χ1v) is 9.54. The predicted octanol–water partition coefficient (Wildman–Crippen LogP) is 3.80. The highest BCUT2D eigenvalue weighted by Gasteiger charge is 2.36. The van der Waals surface area contributed by atoms with Crippen LogP contribution in [0.1, 0.15) is 24.5 Å². The Morgan fingerprint density at radius 1 is 0.935 bits per heavy atom. The van der Waals surface area contributed by atoms with Crippen LogP contribution in [-0.2, 0) is 9.53 Å². The van der Waals surface area contributed by atoms with Crippen molar-refractivity contribution >= 4 is 22.8 Å². The molecule has 0 saturated heterocycles. The minimum absolute atomic E-state index is 0.246. The van der Waals surface area contributed by atoms with Crippen molar-refractivity contribution in [2.75, 3.05) is 28.4 Å². The minimum Gasteiger partial charge on any atom is -0.497 e. The maximum Gasteiger partial charge on any atom is 0.303 e. The Morgan fingerprint density at radius 3 is 2.00 bits per heavy atom. The molecule has 2 aromatic rings. The first-order valence-electron chi connectivity index (χ1n) is 9.54. The number of methoxy groups -OCH3 is 4. The van der Waals surface area contributed by atoms with Gasteiger partial charge in [-0.05, 0) is 41.0 Å². The number of carbonyl (C=O) groups excluding carboxylic acids is 1. The molecule has 0 bridgehead atoms. The van der Waals surface area contributed by atoms with Crippen molar-refractivity contribution in [2.45, 2.75) is 19.4 Å². The summed E-state index contributed by atoms with van der Waals surface area (Å²) in [6.07, 6.45) is -0.384. The lowest BCUT2D eigenvalue weighted by Gasteiger charge is -2.16. The quantitative estimate of drug-likeness (QED) is 0.408. The van der Waals surface area contributed by atoms with Crippen molar-refractivity contribution in [3.05, 3.63) is 47.5 Å². The minimum atomic E-state index is -0.728. The summed E-state index contributed by atoms with van der Waals surface area (Å²) >= 11 is 0. The molecule has 8 heteroatoms. The lowest BCUT2D eigenvalue weighted by atomic mass is 9.95. The third kappa shape index (κ3) is 4.28. The summed E-state index contributed by atoms with van der Waals surface area (Å²) in [5.74, 6) is 1.59. The number of rotatable bonds is 7. The maximum absolute atomic E-state index is 11.7. The molecule has 0 amide bonds. The smallest absolute Gasteiger partial charge is 0.303 e. The molecule has 2 aromatic carbocycles. The second-order valence-corrected chi connectivity index (χ2v) is 6.78. The molecule has 1 atom stereocenters. The van der Waals surface area contributed by atoms with E-state index in [4.69, 9.17) is 23.7 Å². The summed E-state index contributed by atoms with van der Waals surface area (Å²) < 4.78 is 27.1. The number of hydrogen-bond acceptors (Lipinski definition) is 8. The zero-order chi connectivity index (χ0) is 22.5. The summed E-state index contributed by atoms with van der Waals surface area (Å²) in [5, 5.41) is 13.3. The molecule has 0 spiro atoms. The molecular weight excluding hydrogens is 402 g/mol. The molecule has 1 unspecified atom stereocenters. The standard InChI is InChI=1S/C23H25NO7/c1-13(25)31-18-12-17(14-6-8-16(27-2)9-7-14)21(22(18)24-26)15-10-19(28-3)23(30-5)20(11-15)29-4/h6-11,18,26H,12H2,1-5H3/b24-22-. The number of hydrogen-bond donors (Lipinski definition) is 1. The van der Waals surface area contributed by atoms with E-state index in [0.29, 0.717) is 40.6 Å². The van der Waals surface area contributed by atoms with E-state index < -0.39 is 12.1 Å². The third-order valence-corrected chi connectivity index (χ3v) is 5.06. The molecular formula is C23H25NO7. The lowest BCUT2D eigenvalue weighted by Crippen LogP contribution is -2.23. The van der Waals surface area contributed by atoms with Crippen molar-refractivity contribution in [1.29, 1.82) is 0 Å². The van der Waals surface area contributed by atoms with Crippen molar-refractivity contribution in [3.8, 4) is 23.0 Å². The van der Waals surface area contributed by atoms with Gasteiger partial charge >= 0.3 is 5.97 Å². The molecule has 0 fully saturated rings. The van der Waals surface area contributed by atoms with Crippen LogP contribution in [-0.4, -0.2) is 51.4 Å². The number of esters is 1.